The van der Waals surface area contributed by atoms with Gasteiger partial charge in [-0.05, 0) is 18.6 Å². The maximum Gasteiger partial charge on any atom is 0.257 e. The molecule has 0 radical (unpaired) electrons. The summed E-state index contributed by atoms with van der Waals surface area (Å²) in [5, 5.41) is 9.59. The molecule has 86 valence electrons. The Morgan fingerprint density at radius 1 is 1.50 bits per heavy atom. The van der Waals surface area contributed by atoms with Crippen molar-refractivity contribution in [3.8, 4) is 5.75 Å². The zero-order valence-corrected chi connectivity index (χ0v) is 9.52. The molecular weight excluding hydrogens is 202 g/mol. The molecule has 0 bridgehead atoms. The number of nitrogens with zero attached hydrogens (tertiary/aromatic N) is 1. The van der Waals surface area contributed by atoms with Crippen LogP contribution in [0.4, 0.5) is 0 Å². The van der Waals surface area contributed by atoms with Crippen LogP contribution in [0.3, 0.4) is 0 Å². The Morgan fingerprint density at radius 3 is 2.75 bits per heavy atom. The largest absolute Gasteiger partial charge is 0.507 e. The predicted molar refractivity (Wildman–Crippen MR) is 64.5 cm³/mol. The molecule has 0 aliphatic heterocycles. The van der Waals surface area contributed by atoms with E-state index in [9.17, 15) is 9.90 Å². The quantitative estimate of drug-likeness (QED) is 0.773. The summed E-state index contributed by atoms with van der Waals surface area (Å²) in [4.78, 5) is 13.7. The number of hydrogen-bond donors (Lipinski definition) is 1. The maximum atomic E-state index is 12.1. The average Bonchev–Trinajstić information content (AvgIpc) is 2.28. The second-order valence-corrected chi connectivity index (χ2v) is 3.56. The van der Waals surface area contributed by atoms with Crippen molar-refractivity contribution in [2.24, 2.45) is 0 Å². The van der Waals surface area contributed by atoms with Gasteiger partial charge in [0, 0.05) is 13.1 Å². The fraction of sp³-hybridized carbons (Fsp3) is 0.308. The van der Waals surface area contributed by atoms with Gasteiger partial charge in [0.1, 0.15) is 5.75 Å². The Hall–Kier alpha value is -1.77. The molecule has 1 N–H and O–H groups in total. The lowest BCUT2D eigenvalue weighted by atomic mass is 10.1. The molecule has 0 fully saturated rings. The van der Waals surface area contributed by atoms with Crippen molar-refractivity contribution in [1.29, 1.82) is 0 Å². The first kappa shape index (κ1) is 12.3. The molecule has 0 aliphatic carbocycles. The highest BCUT2D eigenvalue weighted by Crippen LogP contribution is 2.17. The van der Waals surface area contributed by atoms with Gasteiger partial charge >= 0.3 is 0 Å². The lowest BCUT2D eigenvalue weighted by Crippen LogP contribution is -2.31. The first-order valence-electron chi connectivity index (χ1n) is 5.38. The molecule has 1 rings (SSSR count). The summed E-state index contributed by atoms with van der Waals surface area (Å²) in [5.74, 6) is -0.127. The molecule has 0 spiro atoms. The monoisotopic (exact) mass is 219 g/mol. The molecule has 0 unspecified atom stereocenters. The number of hydrogen-bond acceptors (Lipinski definition) is 2. The Bertz CT molecular complexity index is 374. The van der Waals surface area contributed by atoms with Crippen molar-refractivity contribution < 1.29 is 9.90 Å². The smallest absolute Gasteiger partial charge is 0.257 e. The number of phenolic OH excluding ortho intramolecular Hbond substituents is 1. The van der Waals surface area contributed by atoms with Crippen molar-refractivity contribution in [2.45, 2.75) is 13.3 Å². The van der Waals surface area contributed by atoms with Gasteiger partial charge in [-0.1, -0.05) is 25.1 Å². The maximum absolute atomic E-state index is 12.1. The third-order valence-corrected chi connectivity index (χ3v) is 2.26. The molecule has 3 heteroatoms. The van der Waals surface area contributed by atoms with E-state index in [2.05, 4.69) is 6.58 Å². The minimum atomic E-state index is -0.153. The van der Waals surface area contributed by atoms with E-state index >= 15 is 0 Å². The van der Waals surface area contributed by atoms with Gasteiger partial charge < -0.3 is 10.0 Å². The number of benzene rings is 1. The van der Waals surface area contributed by atoms with E-state index in [1.165, 1.54) is 6.07 Å². The Balaban J connectivity index is 2.89. The van der Waals surface area contributed by atoms with Gasteiger partial charge in [0.25, 0.3) is 5.91 Å². The number of phenols is 1. The molecule has 0 aromatic heterocycles. The molecule has 3 nitrogen and oxygen atoms in total. The van der Waals surface area contributed by atoms with E-state index in [4.69, 9.17) is 0 Å². The predicted octanol–water partition coefficient (Wildman–Crippen LogP) is 2.43. The van der Waals surface area contributed by atoms with Gasteiger partial charge in [0.2, 0.25) is 0 Å². The van der Waals surface area contributed by atoms with Crippen molar-refractivity contribution in [2.75, 3.05) is 13.1 Å². The molecule has 1 aromatic rings. The third-order valence-electron chi connectivity index (χ3n) is 2.26. The fourth-order valence-electron chi connectivity index (χ4n) is 1.53. The Morgan fingerprint density at radius 2 is 2.19 bits per heavy atom. The minimum Gasteiger partial charge on any atom is -0.507 e. The first-order chi connectivity index (χ1) is 7.70. The summed E-state index contributed by atoms with van der Waals surface area (Å²) in [6, 6.07) is 6.59. The molecule has 0 saturated carbocycles. The zero-order valence-electron chi connectivity index (χ0n) is 9.52. The highest BCUT2D eigenvalue weighted by atomic mass is 16.3. The highest BCUT2D eigenvalue weighted by molar-refractivity contribution is 5.96. The second kappa shape index (κ2) is 5.95. The number of carbonyl (C=O) groups excluding carboxylic acids is 1. The lowest BCUT2D eigenvalue weighted by Gasteiger charge is -2.20. The van der Waals surface area contributed by atoms with Crippen molar-refractivity contribution in [3.63, 3.8) is 0 Å². The van der Waals surface area contributed by atoms with E-state index in [0.717, 1.165) is 6.42 Å². The molecule has 0 heterocycles. The van der Waals surface area contributed by atoms with Crippen LogP contribution in [0.2, 0.25) is 0 Å². The van der Waals surface area contributed by atoms with Gasteiger partial charge in [0.05, 0.1) is 5.56 Å². The Kier molecular flexibility index (Phi) is 4.58. The zero-order chi connectivity index (χ0) is 12.0. The highest BCUT2D eigenvalue weighted by Gasteiger charge is 2.16. The van der Waals surface area contributed by atoms with Crippen LogP contribution in [0.25, 0.3) is 0 Å². The van der Waals surface area contributed by atoms with E-state index in [-0.39, 0.29) is 11.7 Å². The lowest BCUT2D eigenvalue weighted by molar-refractivity contribution is 0.0771. The van der Waals surface area contributed by atoms with Crippen molar-refractivity contribution in [1.82, 2.24) is 4.90 Å². The average molecular weight is 219 g/mol. The first-order valence-corrected chi connectivity index (χ1v) is 5.38. The van der Waals surface area contributed by atoms with Gasteiger partial charge in [-0.2, -0.15) is 0 Å². The molecule has 0 saturated heterocycles. The van der Waals surface area contributed by atoms with Crippen LogP contribution in [0.5, 0.6) is 5.75 Å². The van der Waals surface area contributed by atoms with Crippen molar-refractivity contribution >= 4 is 5.91 Å². The summed E-state index contributed by atoms with van der Waals surface area (Å²) < 4.78 is 0. The van der Waals surface area contributed by atoms with Crippen LogP contribution in [0.1, 0.15) is 23.7 Å². The van der Waals surface area contributed by atoms with Crippen LogP contribution < -0.4 is 0 Å². The molecule has 16 heavy (non-hydrogen) atoms. The van der Waals surface area contributed by atoms with E-state index < -0.39 is 0 Å². The number of rotatable bonds is 5. The summed E-state index contributed by atoms with van der Waals surface area (Å²) in [6.07, 6.45) is 2.57. The number of para-hydroxylation sites is 1. The van der Waals surface area contributed by atoms with Crippen LogP contribution in [-0.4, -0.2) is 29.0 Å². The Labute approximate surface area is 96.0 Å². The molecular formula is C13H17NO2. The van der Waals surface area contributed by atoms with E-state index in [1.807, 2.05) is 6.92 Å². The van der Waals surface area contributed by atoms with Crippen molar-refractivity contribution in [3.05, 3.63) is 42.5 Å². The second-order valence-electron chi connectivity index (χ2n) is 3.56. The van der Waals surface area contributed by atoms with Gasteiger partial charge in [-0.15, -0.1) is 6.58 Å². The molecule has 0 atom stereocenters. The SMILES string of the molecule is C=CCN(CCC)C(=O)c1ccccc1O. The number of aromatic hydroxyl groups is 1. The minimum absolute atomic E-state index is 0.0256. The molecule has 0 aliphatic rings. The van der Waals surface area contributed by atoms with E-state index in [1.54, 1.807) is 29.2 Å². The summed E-state index contributed by atoms with van der Waals surface area (Å²) in [6.45, 7) is 6.80. The topological polar surface area (TPSA) is 40.5 Å². The van der Waals surface area contributed by atoms with Gasteiger partial charge in [-0.25, -0.2) is 0 Å². The number of amides is 1. The van der Waals surface area contributed by atoms with Crippen LogP contribution in [0.15, 0.2) is 36.9 Å². The number of carbonyl (C=O) groups is 1. The molecule has 1 aromatic carbocycles. The summed E-state index contributed by atoms with van der Waals surface area (Å²) in [7, 11) is 0. The van der Waals surface area contributed by atoms with Gasteiger partial charge in [0.15, 0.2) is 0 Å². The van der Waals surface area contributed by atoms with Crippen LogP contribution in [-0.2, 0) is 0 Å². The van der Waals surface area contributed by atoms with Crippen LogP contribution in [0, 0.1) is 0 Å². The summed E-state index contributed by atoms with van der Waals surface area (Å²) >= 11 is 0. The third kappa shape index (κ3) is 2.86. The fourth-order valence-corrected chi connectivity index (χ4v) is 1.53. The standard InChI is InChI=1S/C13H17NO2/c1-3-9-14(10-4-2)13(16)11-7-5-6-8-12(11)15/h3,5-8,15H,1,4,9-10H2,2H3. The summed E-state index contributed by atoms with van der Waals surface area (Å²) in [5.41, 5.74) is 0.345. The van der Waals surface area contributed by atoms with Crippen LogP contribution >= 0.6 is 0 Å². The van der Waals surface area contributed by atoms with Gasteiger partial charge in [-0.3, -0.25) is 4.79 Å². The normalized spacial score (nSPS) is 9.81. The van der Waals surface area contributed by atoms with E-state index in [0.29, 0.717) is 18.7 Å². The molecule has 1 amide bonds.